The average molecular weight is 178 g/mol. The fraction of sp³-hybridized carbons (Fsp3) is 0.200. The lowest BCUT2D eigenvalue weighted by Crippen LogP contribution is -1.82. The van der Waals surface area contributed by atoms with Crippen LogP contribution in [0, 0.1) is 6.92 Å². The zero-order valence-electron chi connectivity index (χ0n) is 7.50. The van der Waals surface area contributed by atoms with Crippen LogP contribution in [-0.2, 0) is 0 Å². The van der Waals surface area contributed by atoms with Crippen LogP contribution in [0.3, 0.4) is 0 Å². The van der Waals surface area contributed by atoms with E-state index in [1.807, 2.05) is 6.92 Å². The summed E-state index contributed by atoms with van der Waals surface area (Å²) in [5.74, 6) is 1.61. The van der Waals surface area contributed by atoms with Gasteiger partial charge in [-0.05, 0) is 25.1 Å². The summed E-state index contributed by atoms with van der Waals surface area (Å²) in [6, 6.07) is 5.06. The number of aromatic hydroxyl groups is 1. The molecule has 0 radical (unpaired) electrons. The number of ether oxygens (including phenoxy) is 1. The standard InChI is InChI=1S/C10H10O3/c1-6-5-7-8(11)3-4-9(12-2)10(7)13-6/h3-5,11H,1-2H3. The maximum absolute atomic E-state index is 9.49. The van der Waals surface area contributed by atoms with E-state index in [9.17, 15) is 5.11 Å². The van der Waals surface area contributed by atoms with E-state index in [0.717, 1.165) is 5.76 Å². The molecule has 0 saturated carbocycles. The first-order valence-corrected chi connectivity index (χ1v) is 3.98. The number of methoxy groups -OCH3 is 1. The van der Waals surface area contributed by atoms with Crippen LogP contribution in [0.5, 0.6) is 11.5 Å². The van der Waals surface area contributed by atoms with Crippen molar-refractivity contribution in [2.24, 2.45) is 0 Å². The largest absolute Gasteiger partial charge is 0.507 e. The molecule has 0 aliphatic carbocycles. The monoisotopic (exact) mass is 178 g/mol. The minimum atomic E-state index is 0.215. The number of phenols is 1. The molecule has 2 aromatic rings. The maximum atomic E-state index is 9.49. The van der Waals surface area contributed by atoms with E-state index in [1.165, 1.54) is 0 Å². The molecule has 1 N–H and O–H groups in total. The predicted octanol–water partition coefficient (Wildman–Crippen LogP) is 2.46. The molecule has 3 heteroatoms. The third-order valence-electron chi connectivity index (χ3n) is 1.97. The van der Waals surface area contributed by atoms with E-state index in [1.54, 1.807) is 25.3 Å². The zero-order valence-corrected chi connectivity index (χ0v) is 7.50. The molecule has 1 heterocycles. The minimum absolute atomic E-state index is 0.215. The first-order valence-electron chi connectivity index (χ1n) is 3.98. The van der Waals surface area contributed by atoms with Crippen LogP contribution in [0.1, 0.15) is 5.76 Å². The summed E-state index contributed by atoms with van der Waals surface area (Å²) in [5.41, 5.74) is 0.597. The summed E-state index contributed by atoms with van der Waals surface area (Å²) >= 11 is 0. The van der Waals surface area contributed by atoms with E-state index >= 15 is 0 Å². The summed E-state index contributed by atoms with van der Waals surface area (Å²) in [6.07, 6.45) is 0. The van der Waals surface area contributed by atoms with Crippen LogP contribution in [-0.4, -0.2) is 12.2 Å². The molecule has 0 unspecified atom stereocenters. The Morgan fingerprint density at radius 3 is 2.85 bits per heavy atom. The lowest BCUT2D eigenvalue weighted by molar-refractivity contribution is 0.407. The maximum Gasteiger partial charge on any atom is 0.179 e. The van der Waals surface area contributed by atoms with Crippen molar-refractivity contribution >= 4 is 11.0 Å². The van der Waals surface area contributed by atoms with Gasteiger partial charge in [-0.2, -0.15) is 0 Å². The van der Waals surface area contributed by atoms with Crippen LogP contribution >= 0.6 is 0 Å². The molecule has 0 fully saturated rings. The molecular weight excluding hydrogens is 168 g/mol. The van der Waals surface area contributed by atoms with Crippen molar-refractivity contribution in [2.75, 3.05) is 7.11 Å². The first kappa shape index (κ1) is 7.98. The quantitative estimate of drug-likeness (QED) is 0.729. The van der Waals surface area contributed by atoms with Crippen molar-refractivity contribution in [1.82, 2.24) is 0 Å². The summed E-state index contributed by atoms with van der Waals surface area (Å²) in [4.78, 5) is 0. The van der Waals surface area contributed by atoms with E-state index in [2.05, 4.69) is 0 Å². The molecule has 0 bridgehead atoms. The third kappa shape index (κ3) is 1.13. The molecule has 1 aromatic heterocycles. The summed E-state index contributed by atoms with van der Waals surface area (Å²) < 4.78 is 10.5. The molecule has 0 saturated heterocycles. The fourth-order valence-electron chi connectivity index (χ4n) is 1.37. The highest BCUT2D eigenvalue weighted by atomic mass is 16.5. The van der Waals surface area contributed by atoms with Crippen molar-refractivity contribution in [3.05, 3.63) is 24.0 Å². The van der Waals surface area contributed by atoms with E-state index in [-0.39, 0.29) is 5.75 Å². The van der Waals surface area contributed by atoms with Gasteiger partial charge in [0, 0.05) is 0 Å². The van der Waals surface area contributed by atoms with Crippen molar-refractivity contribution < 1.29 is 14.3 Å². The Kier molecular flexibility index (Phi) is 1.65. The number of rotatable bonds is 1. The smallest absolute Gasteiger partial charge is 0.179 e. The Bertz CT molecular complexity index is 443. The highest BCUT2D eigenvalue weighted by Gasteiger charge is 2.09. The second-order valence-electron chi connectivity index (χ2n) is 2.89. The first-order chi connectivity index (χ1) is 6.22. The topological polar surface area (TPSA) is 42.6 Å². The molecule has 3 nitrogen and oxygen atoms in total. The molecule has 2 rings (SSSR count). The summed E-state index contributed by atoms with van der Waals surface area (Å²) in [7, 11) is 1.57. The Morgan fingerprint density at radius 2 is 2.15 bits per heavy atom. The van der Waals surface area contributed by atoms with Gasteiger partial charge in [-0.15, -0.1) is 0 Å². The van der Waals surface area contributed by atoms with Crippen molar-refractivity contribution in [3.63, 3.8) is 0 Å². The van der Waals surface area contributed by atoms with Gasteiger partial charge in [0.25, 0.3) is 0 Å². The number of phenolic OH excluding ortho intramolecular Hbond substituents is 1. The average Bonchev–Trinajstić information content (AvgIpc) is 2.48. The summed E-state index contributed by atoms with van der Waals surface area (Å²) in [5, 5.41) is 10.2. The van der Waals surface area contributed by atoms with E-state index in [4.69, 9.17) is 9.15 Å². The molecular formula is C10H10O3. The predicted molar refractivity (Wildman–Crippen MR) is 49.2 cm³/mol. The van der Waals surface area contributed by atoms with Gasteiger partial charge in [-0.1, -0.05) is 0 Å². The van der Waals surface area contributed by atoms with Gasteiger partial charge in [0.15, 0.2) is 11.3 Å². The Hall–Kier alpha value is -1.64. The molecule has 0 amide bonds. The molecule has 13 heavy (non-hydrogen) atoms. The normalized spacial score (nSPS) is 10.6. The van der Waals surface area contributed by atoms with Crippen LogP contribution in [0.4, 0.5) is 0 Å². The Morgan fingerprint density at radius 1 is 1.38 bits per heavy atom. The van der Waals surface area contributed by atoms with Crippen molar-refractivity contribution in [1.29, 1.82) is 0 Å². The zero-order chi connectivity index (χ0) is 9.42. The molecule has 0 aliphatic rings. The van der Waals surface area contributed by atoms with Crippen molar-refractivity contribution in [2.45, 2.75) is 6.92 Å². The molecule has 68 valence electrons. The van der Waals surface area contributed by atoms with E-state index in [0.29, 0.717) is 16.7 Å². The SMILES string of the molecule is COc1ccc(O)c2cc(C)oc12. The van der Waals surface area contributed by atoms with Crippen LogP contribution < -0.4 is 4.74 Å². The van der Waals surface area contributed by atoms with Gasteiger partial charge in [0.1, 0.15) is 11.5 Å². The number of benzene rings is 1. The number of furan rings is 1. The van der Waals surface area contributed by atoms with Gasteiger partial charge in [-0.3, -0.25) is 0 Å². The Labute approximate surface area is 75.5 Å². The third-order valence-corrected chi connectivity index (χ3v) is 1.97. The number of fused-ring (bicyclic) bond motifs is 1. The molecule has 1 aromatic carbocycles. The van der Waals surface area contributed by atoms with Gasteiger partial charge in [0.05, 0.1) is 12.5 Å². The lowest BCUT2D eigenvalue weighted by atomic mass is 10.2. The Balaban J connectivity index is 2.83. The van der Waals surface area contributed by atoms with Crippen LogP contribution in [0.25, 0.3) is 11.0 Å². The number of hydrogen-bond acceptors (Lipinski definition) is 3. The highest BCUT2D eigenvalue weighted by Crippen LogP contribution is 2.34. The van der Waals surface area contributed by atoms with Gasteiger partial charge >= 0.3 is 0 Å². The number of aryl methyl sites for hydroxylation is 1. The van der Waals surface area contributed by atoms with Crippen LogP contribution in [0.2, 0.25) is 0 Å². The molecule has 0 spiro atoms. The fourth-order valence-corrected chi connectivity index (χ4v) is 1.37. The minimum Gasteiger partial charge on any atom is -0.507 e. The van der Waals surface area contributed by atoms with Crippen LogP contribution in [0.15, 0.2) is 22.6 Å². The lowest BCUT2D eigenvalue weighted by Gasteiger charge is -2.00. The second-order valence-corrected chi connectivity index (χ2v) is 2.89. The summed E-state index contributed by atoms with van der Waals surface area (Å²) in [6.45, 7) is 1.83. The number of hydrogen-bond donors (Lipinski definition) is 1. The van der Waals surface area contributed by atoms with Gasteiger partial charge < -0.3 is 14.3 Å². The van der Waals surface area contributed by atoms with Gasteiger partial charge in [0.2, 0.25) is 0 Å². The molecule has 0 atom stereocenters. The second kappa shape index (κ2) is 2.69. The van der Waals surface area contributed by atoms with Crippen molar-refractivity contribution in [3.8, 4) is 11.5 Å². The molecule has 0 aliphatic heterocycles. The van der Waals surface area contributed by atoms with E-state index < -0.39 is 0 Å². The highest BCUT2D eigenvalue weighted by molar-refractivity contribution is 5.89. The van der Waals surface area contributed by atoms with Gasteiger partial charge in [-0.25, -0.2) is 0 Å².